The summed E-state index contributed by atoms with van der Waals surface area (Å²) in [5, 5.41) is 22.2. The van der Waals surface area contributed by atoms with Crippen molar-refractivity contribution in [3.8, 4) is 0 Å². The number of nitrogens with two attached hydrogens (primary N) is 1. The van der Waals surface area contributed by atoms with Gasteiger partial charge in [-0.15, -0.1) is 0 Å². The van der Waals surface area contributed by atoms with Crippen molar-refractivity contribution in [2.75, 3.05) is 0 Å². The maximum Gasteiger partial charge on any atom is 0.328 e. The number of rotatable bonds is 34. The SMILES string of the molecule is CC(C)CCCCCCCCCCCC(O)CC(=O)NC(CCCC(=O)O)C(=O)OC(CCCCCCCCCCC(C)C)CC(N)=O. The molecule has 3 atom stereocenters. The van der Waals surface area contributed by atoms with E-state index in [1.807, 2.05) is 0 Å². The maximum atomic E-state index is 13.1. The number of carboxylic acid groups (broad SMARTS) is 1. The van der Waals surface area contributed by atoms with Crippen LogP contribution in [0.1, 0.15) is 195 Å². The van der Waals surface area contributed by atoms with Gasteiger partial charge in [0, 0.05) is 6.42 Å². The van der Waals surface area contributed by atoms with Crippen molar-refractivity contribution in [1.29, 1.82) is 0 Å². The Morgan fingerprint density at radius 2 is 1.00 bits per heavy atom. The molecule has 9 heteroatoms. The van der Waals surface area contributed by atoms with E-state index in [1.165, 1.54) is 77.0 Å². The zero-order chi connectivity index (χ0) is 36.0. The molecule has 0 fully saturated rings. The first-order chi connectivity index (χ1) is 22.9. The number of unbranched alkanes of at least 4 members (excludes halogenated alkanes) is 15. The minimum absolute atomic E-state index is 0.0884. The normalized spacial score (nSPS) is 13.4. The number of hydrogen-bond donors (Lipinski definition) is 4. The maximum absolute atomic E-state index is 13.1. The highest BCUT2D eigenvalue weighted by atomic mass is 16.5. The van der Waals surface area contributed by atoms with Crippen LogP contribution < -0.4 is 11.1 Å². The first-order valence-electron chi connectivity index (χ1n) is 19.6. The Kier molecular flexibility index (Phi) is 29.5. The van der Waals surface area contributed by atoms with Crippen molar-refractivity contribution in [1.82, 2.24) is 5.32 Å². The van der Waals surface area contributed by atoms with E-state index in [1.54, 1.807) is 0 Å². The molecular weight excluding hydrogens is 608 g/mol. The van der Waals surface area contributed by atoms with Crippen molar-refractivity contribution >= 4 is 23.8 Å². The molecule has 0 bridgehead atoms. The lowest BCUT2D eigenvalue weighted by molar-refractivity contribution is -0.155. The predicted molar refractivity (Wildman–Crippen MR) is 194 cm³/mol. The number of amides is 2. The van der Waals surface area contributed by atoms with Gasteiger partial charge >= 0.3 is 11.9 Å². The minimum Gasteiger partial charge on any atom is -0.481 e. The van der Waals surface area contributed by atoms with Gasteiger partial charge in [-0.3, -0.25) is 14.4 Å². The number of nitrogens with one attached hydrogen (secondary N) is 1. The molecule has 0 aliphatic heterocycles. The second kappa shape index (κ2) is 30.9. The smallest absolute Gasteiger partial charge is 0.328 e. The van der Waals surface area contributed by atoms with Crippen molar-refractivity contribution in [3.63, 3.8) is 0 Å². The summed E-state index contributed by atoms with van der Waals surface area (Å²) in [4.78, 5) is 48.7. The first kappa shape index (κ1) is 45.8. The molecule has 0 saturated carbocycles. The van der Waals surface area contributed by atoms with Crippen molar-refractivity contribution < 1.29 is 34.1 Å². The summed E-state index contributed by atoms with van der Waals surface area (Å²) in [5.74, 6) is -1.19. The highest BCUT2D eigenvalue weighted by molar-refractivity contribution is 5.85. The van der Waals surface area contributed by atoms with Gasteiger partial charge in [0.25, 0.3) is 0 Å². The van der Waals surface area contributed by atoms with Crippen LogP contribution in [-0.2, 0) is 23.9 Å². The molecule has 48 heavy (non-hydrogen) atoms. The summed E-state index contributed by atoms with van der Waals surface area (Å²) >= 11 is 0. The summed E-state index contributed by atoms with van der Waals surface area (Å²) in [6.45, 7) is 9.05. The van der Waals surface area contributed by atoms with Crippen LogP contribution in [0.4, 0.5) is 0 Å². The highest BCUT2D eigenvalue weighted by Crippen LogP contribution is 2.18. The van der Waals surface area contributed by atoms with E-state index in [4.69, 9.17) is 15.6 Å². The molecule has 0 radical (unpaired) electrons. The molecule has 0 aliphatic rings. The Labute approximate surface area is 293 Å². The van der Waals surface area contributed by atoms with Crippen LogP contribution in [0.5, 0.6) is 0 Å². The molecule has 0 aromatic carbocycles. The number of primary amides is 1. The van der Waals surface area contributed by atoms with Crippen LogP contribution >= 0.6 is 0 Å². The van der Waals surface area contributed by atoms with Gasteiger partial charge in [0.05, 0.1) is 18.9 Å². The number of aliphatic hydroxyl groups is 1. The summed E-state index contributed by atoms with van der Waals surface area (Å²) in [7, 11) is 0. The molecule has 3 unspecified atom stereocenters. The molecule has 0 heterocycles. The predicted octanol–water partition coefficient (Wildman–Crippen LogP) is 8.77. The lowest BCUT2D eigenvalue weighted by Crippen LogP contribution is -2.44. The van der Waals surface area contributed by atoms with Crippen molar-refractivity contribution in [2.45, 2.75) is 213 Å². The third-order valence-electron chi connectivity index (χ3n) is 9.01. The Bertz CT molecular complexity index is 833. The molecule has 2 amide bonds. The molecule has 5 N–H and O–H groups in total. The van der Waals surface area contributed by atoms with Gasteiger partial charge in [-0.2, -0.15) is 0 Å². The van der Waals surface area contributed by atoms with E-state index in [0.717, 1.165) is 56.8 Å². The summed E-state index contributed by atoms with van der Waals surface area (Å²) < 4.78 is 5.66. The summed E-state index contributed by atoms with van der Waals surface area (Å²) in [6, 6.07) is -1.06. The van der Waals surface area contributed by atoms with Crippen LogP contribution in [0.15, 0.2) is 0 Å². The number of esters is 1. The molecule has 0 aliphatic carbocycles. The van der Waals surface area contributed by atoms with Gasteiger partial charge < -0.3 is 26.0 Å². The molecule has 0 saturated heterocycles. The second-order valence-electron chi connectivity index (χ2n) is 14.9. The average molecular weight is 683 g/mol. The van der Waals surface area contributed by atoms with Gasteiger partial charge in [0.2, 0.25) is 11.8 Å². The van der Waals surface area contributed by atoms with Gasteiger partial charge in [0.1, 0.15) is 12.1 Å². The van der Waals surface area contributed by atoms with Gasteiger partial charge in [-0.05, 0) is 43.9 Å². The Balaban J connectivity index is 4.56. The number of carbonyl (C=O) groups excluding carboxylic acids is 3. The van der Waals surface area contributed by atoms with Crippen LogP contribution in [-0.4, -0.2) is 52.2 Å². The van der Waals surface area contributed by atoms with E-state index in [0.29, 0.717) is 12.8 Å². The topological polar surface area (TPSA) is 156 Å². The lowest BCUT2D eigenvalue weighted by atomic mass is 10.0. The van der Waals surface area contributed by atoms with Gasteiger partial charge in [-0.1, -0.05) is 143 Å². The van der Waals surface area contributed by atoms with Crippen LogP contribution in [0.3, 0.4) is 0 Å². The lowest BCUT2D eigenvalue weighted by Gasteiger charge is -2.22. The van der Waals surface area contributed by atoms with Crippen molar-refractivity contribution in [3.05, 3.63) is 0 Å². The molecule has 282 valence electrons. The Morgan fingerprint density at radius 3 is 1.42 bits per heavy atom. The highest BCUT2D eigenvalue weighted by Gasteiger charge is 2.27. The number of carbonyl (C=O) groups is 4. The summed E-state index contributed by atoms with van der Waals surface area (Å²) in [6.07, 6.45) is 21.6. The molecule has 0 aromatic rings. The Hall–Kier alpha value is -2.16. The molecule has 0 aromatic heterocycles. The van der Waals surface area contributed by atoms with E-state index < -0.39 is 42.0 Å². The van der Waals surface area contributed by atoms with Crippen LogP contribution in [0.2, 0.25) is 0 Å². The quantitative estimate of drug-likeness (QED) is 0.0390. The third-order valence-corrected chi connectivity index (χ3v) is 9.01. The average Bonchev–Trinajstić information content (AvgIpc) is 2.99. The number of carboxylic acids is 1. The van der Waals surface area contributed by atoms with E-state index in [9.17, 15) is 24.3 Å². The van der Waals surface area contributed by atoms with E-state index in [-0.39, 0.29) is 32.1 Å². The minimum atomic E-state index is -1.06. The monoisotopic (exact) mass is 683 g/mol. The van der Waals surface area contributed by atoms with Gasteiger partial charge in [0.15, 0.2) is 0 Å². The standard InChI is InChI=1S/C39H74N2O7/c1-31(2)23-18-14-10-6-5-7-12-16-20-25-33(42)29-37(44)41-35(27-22-28-38(45)46)39(47)48-34(30-36(40)43)26-21-17-13-9-8-11-15-19-24-32(3)4/h31-35,42H,5-30H2,1-4H3,(H2,40,43)(H,41,44)(H,45,46). The molecular formula is C39H74N2O7. The fourth-order valence-corrected chi connectivity index (χ4v) is 6.10. The molecule has 9 nitrogen and oxygen atoms in total. The summed E-state index contributed by atoms with van der Waals surface area (Å²) in [5.41, 5.74) is 5.43. The zero-order valence-electron chi connectivity index (χ0n) is 31.3. The number of aliphatic hydroxyl groups excluding tert-OH is 1. The Morgan fingerprint density at radius 1 is 0.583 bits per heavy atom. The van der Waals surface area contributed by atoms with E-state index in [2.05, 4.69) is 33.0 Å². The van der Waals surface area contributed by atoms with Crippen LogP contribution in [0, 0.1) is 11.8 Å². The van der Waals surface area contributed by atoms with Crippen LogP contribution in [0.25, 0.3) is 0 Å². The first-order valence-corrected chi connectivity index (χ1v) is 19.6. The number of ether oxygens (including phenoxy) is 1. The largest absolute Gasteiger partial charge is 0.481 e. The fourth-order valence-electron chi connectivity index (χ4n) is 6.10. The van der Waals surface area contributed by atoms with Crippen molar-refractivity contribution in [2.24, 2.45) is 17.6 Å². The zero-order valence-corrected chi connectivity index (χ0v) is 31.3. The molecule has 0 rings (SSSR count). The number of hydrogen-bond acceptors (Lipinski definition) is 6. The second-order valence-corrected chi connectivity index (χ2v) is 14.9. The fraction of sp³-hybridized carbons (Fsp3) is 0.897. The van der Waals surface area contributed by atoms with E-state index >= 15 is 0 Å². The van der Waals surface area contributed by atoms with Gasteiger partial charge in [-0.25, -0.2) is 4.79 Å². The number of aliphatic carboxylic acids is 1. The molecule has 0 spiro atoms. The third kappa shape index (κ3) is 31.1.